The number of aryl methyl sites for hydroxylation is 1. The molecule has 0 heterocycles. The van der Waals surface area contributed by atoms with Crippen LogP contribution < -0.4 is 14.4 Å². The van der Waals surface area contributed by atoms with E-state index < -0.39 is 28.5 Å². The van der Waals surface area contributed by atoms with Crippen LogP contribution in [0.5, 0.6) is 5.75 Å². The van der Waals surface area contributed by atoms with Crippen LogP contribution in [0.25, 0.3) is 0 Å². The number of ether oxygens (including phenoxy) is 1. The average molecular weight is 593 g/mol. The highest BCUT2D eigenvalue weighted by Gasteiger charge is 2.34. The zero-order chi connectivity index (χ0) is 28.7. The van der Waals surface area contributed by atoms with E-state index in [-0.39, 0.29) is 33.8 Å². The molecular formula is C28H31Cl2N3O5S. The molecule has 0 aliphatic heterocycles. The summed E-state index contributed by atoms with van der Waals surface area (Å²) in [4.78, 5) is 28.0. The van der Waals surface area contributed by atoms with Gasteiger partial charge < -0.3 is 15.0 Å². The Hall–Kier alpha value is -3.27. The van der Waals surface area contributed by atoms with Crippen molar-refractivity contribution in [2.45, 2.75) is 38.3 Å². The van der Waals surface area contributed by atoms with Crippen LogP contribution in [-0.4, -0.2) is 51.4 Å². The minimum Gasteiger partial charge on any atom is -0.495 e. The van der Waals surface area contributed by atoms with Crippen molar-refractivity contribution in [3.63, 3.8) is 0 Å². The molecule has 0 aliphatic rings. The SMILES string of the molecule is CCNC(=O)[C@H](C)N(Cc1ccc(Cl)cc1)C(=O)CN(c1cc(Cl)ccc1OC)S(=O)(=O)c1ccc(C)cc1. The third kappa shape index (κ3) is 7.44. The van der Waals surface area contributed by atoms with Gasteiger partial charge in [-0.2, -0.15) is 0 Å². The molecule has 1 atom stereocenters. The summed E-state index contributed by atoms with van der Waals surface area (Å²) in [6.45, 7) is 5.04. The Morgan fingerprint density at radius 3 is 2.18 bits per heavy atom. The van der Waals surface area contributed by atoms with E-state index in [1.807, 2.05) is 6.92 Å². The van der Waals surface area contributed by atoms with Crippen molar-refractivity contribution in [1.29, 1.82) is 0 Å². The first-order valence-electron chi connectivity index (χ1n) is 12.2. The topological polar surface area (TPSA) is 96.0 Å². The fourth-order valence-electron chi connectivity index (χ4n) is 3.90. The fourth-order valence-corrected chi connectivity index (χ4v) is 5.61. The number of carbonyl (C=O) groups excluding carboxylic acids is 2. The number of anilines is 1. The number of sulfonamides is 1. The summed E-state index contributed by atoms with van der Waals surface area (Å²) in [5.41, 5.74) is 1.69. The molecule has 0 saturated carbocycles. The van der Waals surface area contributed by atoms with Gasteiger partial charge in [-0.1, -0.05) is 53.0 Å². The predicted octanol–water partition coefficient (Wildman–Crippen LogP) is 5.06. The zero-order valence-corrected chi connectivity index (χ0v) is 24.5. The van der Waals surface area contributed by atoms with Gasteiger partial charge in [0.25, 0.3) is 10.0 Å². The lowest BCUT2D eigenvalue weighted by atomic mass is 10.1. The highest BCUT2D eigenvalue weighted by atomic mass is 35.5. The van der Waals surface area contributed by atoms with Crippen LogP contribution in [0.15, 0.2) is 71.6 Å². The monoisotopic (exact) mass is 591 g/mol. The van der Waals surface area contributed by atoms with Crippen LogP contribution in [-0.2, 0) is 26.2 Å². The van der Waals surface area contributed by atoms with E-state index in [4.69, 9.17) is 27.9 Å². The minimum atomic E-state index is -4.25. The van der Waals surface area contributed by atoms with Gasteiger partial charge in [-0.15, -0.1) is 0 Å². The molecule has 0 spiro atoms. The van der Waals surface area contributed by atoms with Crippen molar-refractivity contribution in [2.24, 2.45) is 0 Å². The Morgan fingerprint density at radius 1 is 0.974 bits per heavy atom. The molecule has 0 radical (unpaired) electrons. The van der Waals surface area contributed by atoms with E-state index in [0.717, 1.165) is 15.4 Å². The number of amides is 2. The van der Waals surface area contributed by atoms with Gasteiger partial charge in [0.2, 0.25) is 11.8 Å². The van der Waals surface area contributed by atoms with Gasteiger partial charge in [0.1, 0.15) is 18.3 Å². The van der Waals surface area contributed by atoms with Crippen molar-refractivity contribution in [3.8, 4) is 5.75 Å². The molecule has 208 valence electrons. The number of likely N-dealkylation sites (N-methyl/N-ethyl adjacent to an activating group) is 1. The lowest BCUT2D eigenvalue weighted by Crippen LogP contribution is -2.51. The number of halogens is 2. The zero-order valence-electron chi connectivity index (χ0n) is 22.1. The van der Waals surface area contributed by atoms with Gasteiger partial charge in [0, 0.05) is 23.1 Å². The minimum absolute atomic E-state index is 0.0102. The van der Waals surface area contributed by atoms with Crippen LogP contribution in [0.2, 0.25) is 10.0 Å². The smallest absolute Gasteiger partial charge is 0.264 e. The predicted molar refractivity (Wildman–Crippen MR) is 154 cm³/mol. The Kier molecular flexibility index (Phi) is 10.2. The van der Waals surface area contributed by atoms with Crippen molar-refractivity contribution in [2.75, 3.05) is 24.5 Å². The maximum absolute atomic E-state index is 13.9. The van der Waals surface area contributed by atoms with E-state index in [2.05, 4.69) is 5.32 Å². The van der Waals surface area contributed by atoms with Crippen LogP contribution in [0, 0.1) is 6.92 Å². The second-order valence-corrected chi connectivity index (χ2v) is 11.6. The van der Waals surface area contributed by atoms with E-state index >= 15 is 0 Å². The summed E-state index contributed by atoms with van der Waals surface area (Å²) < 4.78 is 34.3. The molecule has 39 heavy (non-hydrogen) atoms. The van der Waals surface area contributed by atoms with E-state index in [1.54, 1.807) is 56.3 Å². The van der Waals surface area contributed by atoms with E-state index in [0.29, 0.717) is 11.6 Å². The maximum Gasteiger partial charge on any atom is 0.264 e. The summed E-state index contributed by atoms with van der Waals surface area (Å²) in [6.07, 6.45) is 0. The van der Waals surface area contributed by atoms with Gasteiger partial charge in [-0.05, 0) is 68.8 Å². The van der Waals surface area contributed by atoms with Gasteiger partial charge >= 0.3 is 0 Å². The molecule has 1 N–H and O–H groups in total. The van der Waals surface area contributed by atoms with E-state index in [9.17, 15) is 18.0 Å². The van der Waals surface area contributed by atoms with Crippen LogP contribution in [0.3, 0.4) is 0 Å². The quantitative estimate of drug-likeness (QED) is 0.336. The van der Waals surface area contributed by atoms with Gasteiger partial charge in [0.05, 0.1) is 17.7 Å². The third-order valence-electron chi connectivity index (χ3n) is 6.08. The molecule has 0 unspecified atom stereocenters. The second kappa shape index (κ2) is 13.2. The Bertz CT molecular complexity index is 1410. The first kappa shape index (κ1) is 30.3. The maximum atomic E-state index is 13.9. The highest BCUT2D eigenvalue weighted by Crippen LogP contribution is 2.35. The third-order valence-corrected chi connectivity index (χ3v) is 8.34. The summed E-state index contributed by atoms with van der Waals surface area (Å²) in [7, 11) is -2.86. The summed E-state index contributed by atoms with van der Waals surface area (Å²) in [5, 5.41) is 3.51. The molecular weight excluding hydrogens is 561 g/mol. The number of nitrogens with zero attached hydrogens (tertiary/aromatic N) is 2. The van der Waals surface area contributed by atoms with Crippen molar-refractivity contribution < 1.29 is 22.7 Å². The number of hydrogen-bond acceptors (Lipinski definition) is 5. The normalized spacial score (nSPS) is 11.9. The Balaban J connectivity index is 2.09. The molecule has 3 rings (SSSR count). The molecule has 11 heteroatoms. The van der Waals surface area contributed by atoms with E-state index in [1.165, 1.54) is 36.3 Å². The number of hydrogen-bond donors (Lipinski definition) is 1. The van der Waals surface area contributed by atoms with Gasteiger partial charge in [0.15, 0.2) is 0 Å². The molecule has 2 amide bonds. The molecule has 3 aromatic rings. The molecule has 8 nitrogen and oxygen atoms in total. The fraction of sp³-hybridized carbons (Fsp3) is 0.286. The molecule has 0 aliphatic carbocycles. The largest absolute Gasteiger partial charge is 0.495 e. The van der Waals surface area contributed by atoms with Gasteiger partial charge in [-0.3, -0.25) is 13.9 Å². The molecule has 0 aromatic heterocycles. The lowest BCUT2D eigenvalue weighted by Gasteiger charge is -2.32. The number of methoxy groups -OCH3 is 1. The van der Waals surface area contributed by atoms with Crippen molar-refractivity contribution >= 4 is 50.7 Å². The second-order valence-electron chi connectivity index (χ2n) is 8.86. The summed E-state index contributed by atoms with van der Waals surface area (Å²) >= 11 is 12.3. The van der Waals surface area contributed by atoms with Crippen LogP contribution in [0.1, 0.15) is 25.0 Å². The van der Waals surface area contributed by atoms with Crippen LogP contribution in [0.4, 0.5) is 5.69 Å². The average Bonchev–Trinajstić information content (AvgIpc) is 2.91. The molecule has 3 aromatic carbocycles. The van der Waals surface area contributed by atoms with Crippen LogP contribution >= 0.6 is 23.2 Å². The number of nitrogens with one attached hydrogen (secondary N) is 1. The number of benzene rings is 3. The first-order chi connectivity index (χ1) is 18.5. The highest BCUT2D eigenvalue weighted by molar-refractivity contribution is 7.92. The number of rotatable bonds is 11. The van der Waals surface area contributed by atoms with Crippen molar-refractivity contribution in [1.82, 2.24) is 10.2 Å². The molecule has 0 bridgehead atoms. The van der Waals surface area contributed by atoms with Gasteiger partial charge in [-0.25, -0.2) is 8.42 Å². The summed E-state index contributed by atoms with van der Waals surface area (Å²) in [5.74, 6) is -0.751. The molecule has 0 saturated heterocycles. The lowest BCUT2D eigenvalue weighted by molar-refractivity contribution is -0.139. The Labute approximate surface area is 239 Å². The van der Waals surface area contributed by atoms with Crippen molar-refractivity contribution in [3.05, 3.63) is 87.9 Å². The summed E-state index contributed by atoms with van der Waals surface area (Å²) in [6, 6.07) is 16.8. The Morgan fingerprint density at radius 2 is 1.59 bits per heavy atom. The first-order valence-corrected chi connectivity index (χ1v) is 14.4. The molecule has 0 fully saturated rings. The number of carbonyl (C=O) groups is 2. The standard InChI is InChI=1S/C28H31Cl2N3O5S/c1-5-31-28(35)20(3)32(17-21-8-10-22(29)11-9-21)27(34)18-33(25-16-23(30)12-15-26(25)38-4)39(36,37)24-13-6-19(2)7-14-24/h6-16,20H,5,17-18H2,1-4H3,(H,31,35)/t20-/m0/s1.